The van der Waals surface area contributed by atoms with E-state index in [0.29, 0.717) is 11.4 Å². The van der Waals surface area contributed by atoms with E-state index in [1.807, 2.05) is 36.4 Å². The van der Waals surface area contributed by atoms with Gasteiger partial charge in [0.15, 0.2) is 0 Å². The van der Waals surface area contributed by atoms with Gasteiger partial charge in [-0.1, -0.05) is 6.07 Å². The second kappa shape index (κ2) is 6.33. The first kappa shape index (κ1) is 15.8. The zero-order valence-corrected chi connectivity index (χ0v) is 14.0. The van der Waals surface area contributed by atoms with Crippen molar-refractivity contribution in [2.75, 3.05) is 17.7 Å². The maximum Gasteiger partial charge on any atom is 0.323 e. The van der Waals surface area contributed by atoms with Crippen molar-refractivity contribution in [3.8, 4) is 11.5 Å². The Hall–Kier alpha value is -3.67. The quantitative estimate of drug-likeness (QED) is 0.406. The summed E-state index contributed by atoms with van der Waals surface area (Å²) in [6.07, 6.45) is 0. The number of urea groups is 1. The van der Waals surface area contributed by atoms with E-state index in [9.17, 15) is 9.90 Å². The summed E-state index contributed by atoms with van der Waals surface area (Å²) < 4.78 is 5.26. The molecule has 4 aromatic rings. The van der Waals surface area contributed by atoms with Crippen molar-refractivity contribution in [1.29, 1.82) is 0 Å². The number of amides is 2. The third-order valence-electron chi connectivity index (χ3n) is 4.19. The highest BCUT2D eigenvalue weighted by atomic mass is 16.5. The SMILES string of the molecule is COc1ccc2c(c1)[nH]c1cc(NC(=O)Nc3ccc(O)cc3)ccc12. The largest absolute Gasteiger partial charge is 0.508 e. The molecule has 0 aliphatic carbocycles. The van der Waals surface area contributed by atoms with Gasteiger partial charge in [-0.25, -0.2) is 4.79 Å². The second-order valence-electron chi connectivity index (χ2n) is 5.92. The van der Waals surface area contributed by atoms with Gasteiger partial charge in [-0.15, -0.1) is 0 Å². The molecule has 0 unspecified atom stereocenters. The van der Waals surface area contributed by atoms with Crippen LogP contribution >= 0.6 is 0 Å². The maximum atomic E-state index is 12.1. The molecule has 1 aromatic heterocycles. The average molecular weight is 347 g/mol. The van der Waals surface area contributed by atoms with E-state index >= 15 is 0 Å². The lowest BCUT2D eigenvalue weighted by Crippen LogP contribution is -2.19. The van der Waals surface area contributed by atoms with Gasteiger partial charge < -0.3 is 25.5 Å². The molecule has 4 N–H and O–H groups in total. The fraction of sp³-hybridized carbons (Fsp3) is 0.0500. The summed E-state index contributed by atoms with van der Waals surface area (Å²) in [6.45, 7) is 0. The summed E-state index contributed by atoms with van der Waals surface area (Å²) in [7, 11) is 1.64. The fourth-order valence-electron chi connectivity index (χ4n) is 2.93. The monoisotopic (exact) mass is 347 g/mol. The number of methoxy groups -OCH3 is 1. The summed E-state index contributed by atoms with van der Waals surface area (Å²) >= 11 is 0. The van der Waals surface area contributed by atoms with Gasteiger partial charge in [0.2, 0.25) is 0 Å². The molecular formula is C20H17N3O3. The molecule has 0 saturated carbocycles. The first-order valence-electron chi connectivity index (χ1n) is 8.09. The van der Waals surface area contributed by atoms with Crippen LogP contribution in [0.1, 0.15) is 0 Å². The number of hydrogen-bond donors (Lipinski definition) is 4. The highest BCUT2D eigenvalue weighted by Gasteiger charge is 2.08. The topological polar surface area (TPSA) is 86.4 Å². The van der Waals surface area contributed by atoms with Gasteiger partial charge in [0.25, 0.3) is 0 Å². The number of fused-ring (bicyclic) bond motifs is 3. The minimum absolute atomic E-state index is 0.150. The number of rotatable bonds is 3. The fourth-order valence-corrected chi connectivity index (χ4v) is 2.93. The molecule has 2 amide bonds. The number of phenols is 1. The molecule has 26 heavy (non-hydrogen) atoms. The lowest BCUT2D eigenvalue weighted by atomic mass is 10.1. The van der Waals surface area contributed by atoms with E-state index in [2.05, 4.69) is 15.6 Å². The van der Waals surface area contributed by atoms with Crippen LogP contribution in [0.4, 0.5) is 16.2 Å². The number of ether oxygens (including phenoxy) is 1. The highest BCUT2D eigenvalue weighted by molar-refractivity contribution is 6.09. The van der Waals surface area contributed by atoms with Crippen molar-refractivity contribution >= 4 is 39.2 Å². The number of benzene rings is 3. The Balaban J connectivity index is 1.57. The Morgan fingerprint density at radius 1 is 0.885 bits per heavy atom. The van der Waals surface area contributed by atoms with E-state index < -0.39 is 0 Å². The number of hydrogen-bond acceptors (Lipinski definition) is 3. The molecule has 6 heteroatoms. The average Bonchev–Trinajstić information content (AvgIpc) is 3.00. The van der Waals surface area contributed by atoms with Crippen LogP contribution < -0.4 is 15.4 Å². The van der Waals surface area contributed by atoms with Crippen LogP contribution in [0.5, 0.6) is 11.5 Å². The van der Waals surface area contributed by atoms with E-state index in [4.69, 9.17) is 4.74 Å². The first-order valence-corrected chi connectivity index (χ1v) is 8.09. The van der Waals surface area contributed by atoms with Crippen LogP contribution in [0.25, 0.3) is 21.8 Å². The zero-order chi connectivity index (χ0) is 18.1. The van der Waals surface area contributed by atoms with Crippen LogP contribution in [0, 0.1) is 0 Å². The lowest BCUT2D eigenvalue weighted by molar-refractivity contribution is 0.262. The Morgan fingerprint density at radius 3 is 2.23 bits per heavy atom. The Morgan fingerprint density at radius 2 is 1.50 bits per heavy atom. The van der Waals surface area contributed by atoms with Gasteiger partial charge in [-0.2, -0.15) is 0 Å². The van der Waals surface area contributed by atoms with E-state index in [0.717, 1.165) is 27.6 Å². The third kappa shape index (κ3) is 3.00. The molecule has 3 aromatic carbocycles. The molecule has 0 spiro atoms. The number of carbonyl (C=O) groups is 1. The standard InChI is InChI=1S/C20H17N3O3/c1-26-15-7-9-17-16-8-4-13(10-18(16)23-19(17)11-15)22-20(25)21-12-2-5-14(24)6-3-12/h2-11,23-24H,1H3,(H2,21,22,25). The summed E-state index contributed by atoms with van der Waals surface area (Å²) in [5, 5.41) is 17.0. The lowest BCUT2D eigenvalue weighted by Gasteiger charge is -2.08. The number of aromatic amines is 1. The van der Waals surface area contributed by atoms with E-state index in [-0.39, 0.29) is 11.8 Å². The number of aromatic nitrogens is 1. The molecule has 0 radical (unpaired) electrons. The molecule has 1 heterocycles. The summed E-state index contributed by atoms with van der Waals surface area (Å²) in [5.74, 6) is 0.938. The summed E-state index contributed by atoms with van der Waals surface area (Å²) in [6, 6.07) is 17.5. The molecule has 0 atom stereocenters. The van der Waals surface area contributed by atoms with Crippen LogP contribution in [0.2, 0.25) is 0 Å². The van der Waals surface area contributed by atoms with Gasteiger partial charge in [0.1, 0.15) is 11.5 Å². The van der Waals surface area contributed by atoms with Gasteiger partial charge >= 0.3 is 6.03 Å². The summed E-state index contributed by atoms with van der Waals surface area (Å²) in [5.41, 5.74) is 3.17. The van der Waals surface area contributed by atoms with Crippen molar-refractivity contribution in [2.24, 2.45) is 0 Å². The third-order valence-corrected chi connectivity index (χ3v) is 4.19. The maximum absolute atomic E-state index is 12.1. The van der Waals surface area contributed by atoms with Crippen molar-refractivity contribution in [2.45, 2.75) is 0 Å². The number of phenolic OH excluding ortho intramolecular Hbond substituents is 1. The predicted octanol–water partition coefficient (Wildman–Crippen LogP) is 4.68. The molecule has 130 valence electrons. The van der Waals surface area contributed by atoms with E-state index in [1.165, 1.54) is 12.1 Å². The second-order valence-corrected chi connectivity index (χ2v) is 5.92. The van der Waals surface area contributed by atoms with Crippen LogP contribution in [0.15, 0.2) is 60.7 Å². The molecule has 0 bridgehead atoms. The number of anilines is 2. The van der Waals surface area contributed by atoms with Gasteiger partial charge in [-0.05, 0) is 48.5 Å². The zero-order valence-electron chi connectivity index (χ0n) is 14.0. The van der Waals surface area contributed by atoms with Crippen molar-refractivity contribution in [1.82, 2.24) is 4.98 Å². The number of nitrogens with one attached hydrogen (secondary N) is 3. The van der Waals surface area contributed by atoms with E-state index in [1.54, 1.807) is 19.2 Å². The smallest absolute Gasteiger partial charge is 0.323 e. The number of aromatic hydroxyl groups is 1. The molecule has 0 aliphatic heterocycles. The Bertz CT molecular complexity index is 1100. The van der Waals surface area contributed by atoms with Gasteiger partial charge in [0, 0.05) is 33.7 Å². The minimum atomic E-state index is -0.354. The molecule has 6 nitrogen and oxygen atoms in total. The van der Waals surface area contributed by atoms with Crippen LogP contribution in [-0.2, 0) is 0 Å². The van der Waals surface area contributed by atoms with Crippen LogP contribution in [-0.4, -0.2) is 23.2 Å². The normalized spacial score (nSPS) is 10.8. The van der Waals surface area contributed by atoms with Crippen molar-refractivity contribution in [3.63, 3.8) is 0 Å². The summed E-state index contributed by atoms with van der Waals surface area (Å²) in [4.78, 5) is 15.5. The molecule has 4 rings (SSSR count). The molecule has 0 saturated heterocycles. The van der Waals surface area contributed by atoms with Crippen molar-refractivity contribution < 1.29 is 14.6 Å². The molecule has 0 fully saturated rings. The highest BCUT2D eigenvalue weighted by Crippen LogP contribution is 2.30. The van der Waals surface area contributed by atoms with Gasteiger partial charge in [0.05, 0.1) is 12.6 Å². The Kier molecular flexibility index (Phi) is 3.85. The van der Waals surface area contributed by atoms with Crippen molar-refractivity contribution in [3.05, 3.63) is 60.7 Å². The number of carbonyl (C=O) groups excluding carboxylic acids is 1. The predicted molar refractivity (Wildman–Crippen MR) is 103 cm³/mol. The number of H-pyrrole nitrogens is 1. The van der Waals surface area contributed by atoms with Gasteiger partial charge in [-0.3, -0.25) is 0 Å². The minimum Gasteiger partial charge on any atom is -0.508 e. The van der Waals surface area contributed by atoms with Crippen LogP contribution in [0.3, 0.4) is 0 Å². The molecular weight excluding hydrogens is 330 g/mol. The first-order chi connectivity index (χ1) is 12.6. The Labute approximate surface area is 149 Å². The molecule has 0 aliphatic rings.